The van der Waals surface area contributed by atoms with Crippen molar-refractivity contribution in [3.8, 4) is 0 Å². The van der Waals surface area contributed by atoms with Gasteiger partial charge in [-0.25, -0.2) is 13.9 Å². The standard InChI is InChI=1S/C39H45ClFN11O3/c1-42-31-21-35(47-52-34(22-43-37(31)52)39(55)45-30-20-27(30)41)51-14-11-25-32(3-2-4-33(25)51)50-12-9-23(10-13-50)48-15-17-49(18-16-48)24-5-6-28(26(40)19-24)44-29-7-8-36(53)46-38(29)54/h2-6,19,21-23,27,29-30,42,44H,7-18,20H2,1H3,(H,45,55)(H,46,53,54)/t27-,29?,30+/m0/s1. The van der Waals surface area contributed by atoms with E-state index in [1.807, 2.05) is 31.3 Å². The molecule has 3 atom stereocenters. The number of nitrogens with zero attached hydrogens (tertiary/aromatic N) is 7. The molecule has 9 rings (SSSR count). The summed E-state index contributed by atoms with van der Waals surface area (Å²) in [5.74, 6) is -0.213. The van der Waals surface area contributed by atoms with Crippen LogP contribution in [-0.4, -0.2) is 114 Å². The van der Waals surface area contributed by atoms with Crippen LogP contribution in [0.1, 0.15) is 48.2 Å². The molecule has 4 fully saturated rings. The highest BCUT2D eigenvalue weighted by atomic mass is 35.5. The third-order valence-corrected chi connectivity index (χ3v) is 12.1. The number of imide groups is 1. The van der Waals surface area contributed by atoms with Gasteiger partial charge in [-0.2, -0.15) is 0 Å². The van der Waals surface area contributed by atoms with Crippen molar-refractivity contribution in [2.24, 2.45) is 0 Å². The second-order valence-electron chi connectivity index (χ2n) is 15.1. The number of hydrogen-bond donors (Lipinski definition) is 4. The van der Waals surface area contributed by atoms with Gasteiger partial charge < -0.3 is 30.7 Å². The number of piperidine rings is 2. The Kier molecular flexibility index (Phi) is 9.37. The first-order chi connectivity index (χ1) is 26.7. The number of carbonyl (C=O) groups excluding carboxylic acids is 3. The first kappa shape index (κ1) is 35.5. The highest BCUT2D eigenvalue weighted by Crippen LogP contribution is 2.41. The fourth-order valence-corrected chi connectivity index (χ4v) is 8.82. The maximum atomic E-state index is 13.5. The quantitative estimate of drug-likeness (QED) is 0.184. The van der Waals surface area contributed by atoms with Gasteiger partial charge in [0.25, 0.3) is 5.91 Å². The van der Waals surface area contributed by atoms with Crippen LogP contribution in [-0.2, 0) is 16.0 Å². The molecule has 0 bridgehead atoms. The minimum absolute atomic E-state index is 0.238. The molecular formula is C39H45ClFN11O3. The molecule has 2 aromatic carbocycles. The van der Waals surface area contributed by atoms with Gasteiger partial charge >= 0.3 is 0 Å². The molecule has 6 heterocycles. The molecule has 0 spiro atoms. The summed E-state index contributed by atoms with van der Waals surface area (Å²) in [6.07, 6.45) is 4.69. The number of hydrogen-bond acceptors (Lipinski definition) is 11. The molecule has 4 aliphatic heterocycles. The number of rotatable bonds is 9. The van der Waals surface area contributed by atoms with E-state index in [0.717, 1.165) is 88.0 Å². The Balaban J connectivity index is 0.823. The third kappa shape index (κ3) is 6.88. The Bertz CT molecular complexity index is 2150. The maximum Gasteiger partial charge on any atom is 0.271 e. The van der Waals surface area contributed by atoms with Crippen molar-refractivity contribution in [1.82, 2.24) is 30.1 Å². The van der Waals surface area contributed by atoms with E-state index in [1.165, 1.54) is 17.4 Å². The van der Waals surface area contributed by atoms with Crippen molar-refractivity contribution in [1.29, 1.82) is 0 Å². The second-order valence-corrected chi connectivity index (χ2v) is 15.5. The molecule has 288 valence electrons. The molecule has 1 unspecified atom stereocenters. The van der Waals surface area contributed by atoms with Crippen LogP contribution in [0.3, 0.4) is 0 Å². The van der Waals surface area contributed by atoms with Crippen molar-refractivity contribution >= 4 is 69.2 Å². The van der Waals surface area contributed by atoms with E-state index in [2.05, 4.69) is 64.0 Å². The average Bonchev–Trinajstić information content (AvgIpc) is 3.52. The van der Waals surface area contributed by atoms with Gasteiger partial charge in [-0.3, -0.25) is 24.6 Å². The third-order valence-electron chi connectivity index (χ3n) is 11.8. The molecule has 4 N–H and O–H groups in total. The van der Waals surface area contributed by atoms with Gasteiger partial charge in [0, 0.05) is 100 Å². The largest absolute Gasteiger partial charge is 0.385 e. The fraction of sp³-hybridized carbons (Fsp3) is 0.462. The highest BCUT2D eigenvalue weighted by Gasteiger charge is 2.39. The summed E-state index contributed by atoms with van der Waals surface area (Å²) in [6, 6.07) is 14.0. The first-order valence-electron chi connectivity index (χ1n) is 19.3. The number of piperazine rings is 1. The van der Waals surface area contributed by atoms with Crippen LogP contribution in [0, 0.1) is 0 Å². The van der Waals surface area contributed by atoms with Crippen LogP contribution < -0.4 is 36.0 Å². The number of benzene rings is 2. The number of halogens is 2. The Morgan fingerprint density at radius 3 is 2.44 bits per heavy atom. The normalized spacial score (nSPS) is 23.2. The van der Waals surface area contributed by atoms with E-state index in [1.54, 1.807) is 4.52 Å². The van der Waals surface area contributed by atoms with Gasteiger partial charge in [-0.05, 0) is 56.0 Å². The molecular weight excluding hydrogens is 725 g/mol. The van der Waals surface area contributed by atoms with Crippen molar-refractivity contribution in [3.63, 3.8) is 0 Å². The van der Waals surface area contributed by atoms with Gasteiger partial charge in [-0.15, -0.1) is 5.10 Å². The molecule has 3 saturated heterocycles. The molecule has 14 nitrogen and oxygen atoms in total. The second kappa shape index (κ2) is 14.5. The van der Waals surface area contributed by atoms with E-state index in [4.69, 9.17) is 16.7 Å². The van der Waals surface area contributed by atoms with Crippen molar-refractivity contribution in [2.45, 2.75) is 62.8 Å². The van der Waals surface area contributed by atoms with Crippen LogP contribution in [0.4, 0.5) is 38.6 Å². The SMILES string of the molecule is CNc1cc(N2CCc3c(N4CCC(N5CCN(c6ccc(NC7CCC(=O)NC7=O)c(Cl)c6)CC5)CC4)cccc32)nn2c(C(=O)N[C@@H]3C[C@@H]3F)cnc12. The summed E-state index contributed by atoms with van der Waals surface area (Å²) in [6.45, 7) is 6.53. The summed E-state index contributed by atoms with van der Waals surface area (Å²) < 4.78 is 15.1. The first-order valence-corrected chi connectivity index (χ1v) is 19.7. The van der Waals surface area contributed by atoms with Gasteiger partial charge in [0.15, 0.2) is 17.2 Å². The van der Waals surface area contributed by atoms with Crippen LogP contribution in [0.5, 0.6) is 0 Å². The lowest BCUT2D eigenvalue weighted by Crippen LogP contribution is -2.53. The van der Waals surface area contributed by atoms with E-state index in [9.17, 15) is 18.8 Å². The van der Waals surface area contributed by atoms with E-state index in [-0.39, 0.29) is 23.4 Å². The lowest BCUT2D eigenvalue weighted by Gasteiger charge is -2.44. The van der Waals surface area contributed by atoms with Crippen molar-refractivity contribution < 1.29 is 18.8 Å². The minimum atomic E-state index is -0.993. The number of anilines is 6. The molecule has 55 heavy (non-hydrogen) atoms. The molecule has 2 aromatic heterocycles. The minimum Gasteiger partial charge on any atom is -0.385 e. The van der Waals surface area contributed by atoms with Crippen LogP contribution in [0.25, 0.3) is 5.65 Å². The number of alkyl halides is 1. The Morgan fingerprint density at radius 1 is 0.927 bits per heavy atom. The van der Waals surface area contributed by atoms with Gasteiger partial charge in [0.2, 0.25) is 11.8 Å². The number of imidazole rings is 1. The van der Waals surface area contributed by atoms with E-state index in [0.29, 0.717) is 41.7 Å². The molecule has 1 aliphatic carbocycles. The van der Waals surface area contributed by atoms with Gasteiger partial charge in [0.1, 0.15) is 12.2 Å². The number of fused-ring (bicyclic) bond motifs is 2. The summed E-state index contributed by atoms with van der Waals surface area (Å²) in [5, 5.41) is 17.0. The Labute approximate surface area is 323 Å². The van der Waals surface area contributed by atoms with Gasteiger partial charge in [0.05, 0.1) is 28.6 Å². The maximum absolute atomic E-state index is 13.5. The predicted molar refractivity (Wildman–Crippen MR) is 211 cm³/mol. The van der Waals surface area contributed by atoms with Crippen LogP contribution >= 0.6 is 11.6 Å². The smallest absolute Gasteiger partial charge is 0.271 e. The number of amides is 3. The van der Waals surface area contributed by atoms with Crippen LogP contribution in [0.15, 0.2) is 48.7 Å². The predicted octanol–water partition coefficient (Wildman–Crippen LogP) is 3.97. The van der Waals surface area contributed by atoms with Crippen molar-refractivity contribution in [2.75, 3.05) is 78.2 Å². The van der Waals surface area contributed by atoms with E-state index < -0.39 is 18.3 Å². The topological polar surface area (TPSA) is 142 Å². The molecule has 16 heteroatoms. The molecule has 1 saturated carbocycles. The molecule has 5 aliphatic rings. The van der Waals surface area contributed by atoms with Gasteiger partial charge in [-0.1, -0.05) is 17.7 Å². The summed E-state index contributed by atoms with van der Waals surface area (Å²) in [5.41, 5.74) is 7.05. The lowest BCUT2D eigenvalue weighted by atomic mass is 10.00. The lowest BCUT2D eigenvalue weighted by molar-refractivity contribution is -0.133. The fourth-order valence-electron chi connectivity index (χ4n) is 8.59. The summed E-state index contributed by atoms with van der Waals surface area (Å²) >= 11 is 6.66. The van der Waals surface area contributed by atoms with Crippen molar-refractivity contribution in [3.05, 3.63) is 64.9 Å². The zero-order valence-corrected chi connectivity index (χ0v) is 31.5. The zero-order valence-electron chi connectivity index (χ0n) is 30.7. The monoisotopic (exact) mass is 769 g/mol. The number of nitrogens with one attached hydrogen (secondary N) is 4. The molecule has 0 radical (unpaired) electrons. The summed E-state index contributed by atoms with van der Waals surface area (Å²) in [7, 11) is 1.83. The zero-order chi connectivity index (χ0) is 37.8. The highest BCUT2D eigenvalue weighted by molar-refractivity contribution is 6.33. The Morgan fingerprint density at radius 2 is 1.71 bits per heavy atom. The molecule has 3 amide bonds. The van der Waals surface area contributed by atoms with E-state index >= 15 is 0 Å². The summed E-state index contributed by atoms with van der Waals surface area (Å²) in [4.78, 5) is 50.9. The molecule has 4 aromatic rings. The Hall–Kier alpha value is -5.15. The number of aromatic nitrogens is 3. The van der Waals surface area contributed by atoms with Crippen LogP contribution in [0.2, 0.25) is 5.02 Å². The number of carbonyl (C=O) groups is 3. The average molecular weight is 770 g/mol.